The summed E-state index contributed by atoms with van der Waals surface area (Å²) in [7, 11) is 0. The highest BCUT2D eigenvalue weighted by atomic mass is 16.5. The Balaban J connectivity index is 1.72. The molecular weight excluding hydrogens is 286 g/mol. The van der Waals surface area contributed by atoms with Gasteiger partial charge in [-0.05, 0) is 44.7 Å². The highest BCUT2D eigenvalue weighted by molar-refractivity contribution is 5.50. The molecule has 2 aliphatic rings. The fourth-order valence-electron chi connectivity index (χ4n) is 3.99. The van der Waals surface area contributed by atoms with Crippen molar-refractivity contribution in [1.29, 1.82) is 0 Å². The molecule has 1 spiro atoms. The molecule has 1 aliphatic carbocycles. The highest BCUT2D eigenvalue weighted by Gasteiger charge is 2.43. The zero-order valence-corrected chi connectivity index (χ0v) is 14.1. The number of ether oxygens (including phenoxy) is 1. The van der Waals surface area contributed by atoms with Crippen LogP contribution in [0.3, 0.4) is 0 Å². The number of hydrogen-bond donors (Lipinski definition) is 0. The molecule has 1 aromatic carbocycles. The van der Waals surface area contributed by atoms with Gasteiger partial charge in [0.05, 0.1) is 13.2 Å². The summed E-state index contributed by atoms with van der Waals surface area (Å²) in [5.41, 5.74) is 4.87. The van der Waals surface area contributed by atoms with Gasteiger partial charge in [-0.3, -0.25) is 0 Å². The van der Waals surface area contributed by atoms with E-state index >= 15 is 0 Å². The van der Waals surface area contributed by atoms with Crippen molar-refractivity contribution < 1.29 is 4.74 Å². The Bertz CT molecular complexity index is 754. The van der Waals surface area contributed by atoms with E-state index < -0.39 is 0 Å². The Morgan fingerprint density at radius 3 is 2.83 bits per heavy atom. The number of hydrogen-bond acceptors (Lipinski definition) is 4. The van der Waals surface area contributed by atoms with E-state index in [1.54, 1.807) is 0 Å². The summed E-state index contributed by atoms with van der Waals surface area (Å²) < 4.78 is 6.32. The second kappa shape index (κ2) is 5.31. The number of nitrogens with zero attached hydrogens (tertiary/aromatic N) is 3. The second-order valence-corrected chi connectivity index (χ2v) is 6.73. The molecule has 23 heavy (non-hydrogen) atoms. The zero-order valence-electron chi connectivity index (χ0n) is 14.1. The maximum Gasteiger partial charge on any atom is 0.135 e. The smallest absolute Gasteiger partial charge is 0.135 e. The lowest BCUT2D eigenvalue weighted by molar-refractivity contribution is -0.0594. The van der Waals surface area contributed by atoms with Crippen LogP contribution in [0.5, 0.6) is 0 Å². The lowest BCUT2D eigenvalue weighted by atomic mass is 9.93. The summed E-state index contributed by atoms with van der Waals surface area (Å²) in [5, 5.41) is 0. The van der Waals surface area contributed by atoms with E-state index in [4.69, 9.17) is 9.72 Å². The van der Waals surface area contributed by atoms with Gasteiger partial charge in [0.2, 0.25) is 0 Å². The maximum absolute atomic E-state index is 6.32. The van der Waals surface area contributed by atoms with Gasteiger partial charge in [0.15, 0.2) is 0 Å². The molecule has 1 saturated heterocycles. The SMILES string of the molecule is Cc1nc(C)c(C)c(N2CCOC3(CCc4ccccc43)C2)n1. The Labute approximate surface area is 137 Å². The largest absolute Gasteiger partial charge is 0.367 e. The summed E-state index contributed by atoms with van der Waals surface area (Å²) >= 11 is 0. The Kier molecular flexibility index (Phi) is 3.38. The van der Waals surface area contributed by atoms with Crippen molar-refractivity contribution in [3.8, 4) is 0 Å². The third kappa shape index (κ3) is 2.32. The van der Waals surface area contributed by atoms with Crippen LogP contribution in [-0.4, -0.2) is 29.7 Å². The lowest BCUT2D eigenvalue weighted by Gasteiger charge is -2.42. The third-order valence-corrected chi connectivity index (χ3v) is 5.27. The first-order chi connectivity index (χ1) is 11.1. The van der Waals surface area contributed by atoms with E-state index in [1.807, 2.05) is 6.92 Å². The fourth-order valence-corrected chi connectivity index (χ4v) is 3.99. The Morgan fingerprint density at radius 1 is 1.13 bits per heavy atom. The predicted molar refractivity (Wildman–Crippen MR) is 90.8 cm³/mol. The maximum atomic E-state index is 6.32. The number of rotatable bonds is 1. The van der Waals surface area contributed by atoms with Gasteiger partial charge in [-0.15, -0.1) is 0 Å². The third-order valence-electron chi connectivity index (χ3n) is 5.27. The van der Waals surface area contributed by atoms with Crippen LogP contribution in [0.1, 0.15) is 34.6 Å². The molecule has 1 aliphatic heterocycles. The first kappa shape index (κ1) is 14.6. The summed E-state index contributed by atoms with van der Waals surface area (Å²) in [5.74, 6) is 1.91. The van der Waals surface area contributed by atoms with E-state index in [1.165, 1.54) is 16.7 Å². The first-order valence-electron chi connectivity index (χ1n) is 8.38. The molecule has 1 unspecified atom stereocenters. The van der Waals surface area contributed by atoms with Crippen molar-refractivity contribution in [2.24, 2.45) is 0 Å². The fraction of sp³-hybridized carbons (Fsp3) is 0.474. The molecule has 2 heterocycles. The number of aromatic nitrogens is 2. The zero-order chi connectivity index (χ0) is 16.0. The van der Waals surface area contributed by atoms with Gasteiger partial charge >= 0.3 is 0 Å². The second-order valence-electron chi connectivity index (χ2n) is 6.73. The van der Waals surface area contributed by atoms with Gasteiger partial charge in [0, 0.05) is 17.8 Å². The molecule has 0 amide bonds. The van der Waals surface area contributed by atoms with E-state index in [2.05, 4.69) is 48.0 Å². The van der Waals surface area contributed by atoms with Crippen molar-refractivity contribution in [2.75, 3.05) is 24.6 Å². The van der Waals surface area contributed by atoms with E-state index in [0.717, 1.165) is 49.9 Å². The monoisotopic (exact) mass is 309 g/mol. The van der Waals surface area contributed by atoms with Crippen LogP contribution in [0.15, 0.2) is 24.3 Å². The molecule has 0 N–H and O–H groups in total. The average Bonchev–Trinajstić information content (AvgIpc) is 2.90. The summed E-state index contributed by atoms with van der Waals surface area (Å²) in [6.07, 6.45) is 2.16. The number of fused-ring (bicyclic) bond motifs is 2. The van der Waals surface area contributed by atoms with Crippen LogP contribution in [0, 0.1) is 20.8 Å². The molecule has 1 aromatic heterocycles. The minimum absolute atomic E-state index is 0.173. The van der Waals surface area contributed by atoms with Gasteiger partial charge in [-0.25, -0.2) is 9.97 Å². The van der Waals surface area contributed by atoms with Gasteiger partial charge < -0.3 is 9.64 Å². The van der Waals surface area contributed by atoms with E-state index in [0.29, 0.717) is 0 Å². The molecular formula is C19H23N3O. The normalized spacial score (nSPS) is 23.3. The van der Waals surface area contributed by atoms with Gasteiger partial charge in [0.25, 0.3) is 0 Å². The summed E-state index contributed by atoms with van der Waals surface area (Å²) in [6.45, 7) is 8.66. The van der Waals surface area contributed by atoms with Crippen LogP contribution in [0.25, 0.3) is 0 Å². The minimum atomic E-state index is -0.173. The van der Waals surface area contributed by atoms with Crippen LogP contribution < -0.4 is 4.90 Å². The number of anilines is 1. The molecule has 1 atom stereocenters. The number of benzene rings is 1. The van der Waals surface area contributed by atoms with Crippen LogP contribution in [0.2, 0.25) is 0 Å². The van der Waals surface area contributed by atoms with Crippen LogP contribution in [0.4, 0.5) is 5.82 Å². The van der Waals surface area contributed by atoms with Gasteiger partial charge in [-0.2, -0.15) is 0 Å². The quantitative estimate of drug-likeness (QED) is 0.811. The van der Waals surface area contributed by atoms with Crippen molar-refractivity contribution in [1.82, 2.24) is 9.97 Å². The molecule has 0 radical (unpaired) electrons. The summed E-state index contributed by atoms with van der Waals surface area (Å²) in [6, 6.07) is 8.71. The molecule has 4 rings (SSSR count). The molecule has 120 valence electrons. The number of aryl methyl sites for hydroxylation is 3. The predicted octanol–water partition coefficient (Wildman–Crippen LogP) is 3.08. The molecule has 0 bridgehead atoms. The van der Waals surface area contributed by atoms with E-state index in [9.17, 15) is 0 Å². The minimum Gasteiger partial charge on any atom is -0.367 e. The highest BCUT2D eigenvalue weighted by Crippen LogP contribution is 2.43. The lowest BCUT2D eigenvalue weighted by Crippen LogP contribution is -2.49. The molecule has 2 aromatic rings. The summed E-state index contributed by atoms with van der Waals surface area (Å²) in [4.78, 5) is 11.6. The first-order valence-corrected chi connectivity index (χ1v) is 8.38. The van der Waals surface area contributed by atoms with E-state index in [-0.39, 0.29) is 5.60 Å². The van der Waals surface area contributed by atoms with Crippen molar-refractivity contribution in [2.45, 2.75) is 39.2 Å². The van der Waals surface area contributed by atoms with Crippen LogP contribution >= 0.6 is 0 Å². The van der Waals surface area contributed by atoms with Gasteiger partial charge in [-0.1, -0.05) is 24.3 Å². The number of morpholine rings is 1. The molecule has 4 nitrogen and oxygen atoms in total. The standard InChI is InChI=1S/C19H23N3O/c1-13-14(2)20-15(3)21-18(13)22-10-11-23-19(12-22)9-8-16-6-4-5-7-17(16)19/h4-7H,8-12H2,1-3H3. The van der Waals surface area contributed by atoms with Crippen molar-refractivity contribution >= 4 is 5.82 Å². The van der Waals surface area contributed by atoms with Crippen molar-refractivity contribution in [3.05, 3.63) is 52.5 Å². The van der Waals surface area contributed by atoms with Crippen LogP contribution in [-0.2, 0) is 16.8 Å². The molecule has 4 heteroatoms. The Hall–Kier alpha value is -1.94. The van der Waals surface area contributed by atoms with Gasteiger partial charge in [0.1, 0.15) is 17.2 Å². The molecule has 1 fully saturated rings. The Morgan fingerprint density at radius 2 is 1.96 bits per heavy atom. The molecule has 0 saturated carbocycles. The average molecular weight is 309 g/mol. The topological polar surface area (TPSA) is 38.2 Å². The van der Waals surface area contributed by atoms with Crippen molar-refractivity contribution in [3.63, 3.8) is 0 Å².